The van der Waals surface area contributed by atoms with Crippen LogP contribution in [0.4, 0.5) is 0 Å². The Morgan fingerprint density at radius 3 is 2.65 bits per heavy atom. The Bertz CT molecular complexity index is 375. The molecule has 2 rings (SSSR count). The maximum Gasteiger partial charge on any atom is 0.0475 e. The predicted octanol–water partition coefficient (Wildman–Crippen LogP) is 2.35. The maximum absolute atomic E-state index is 5.84. The summed E-state index contributed by atoms with van der Waals surface area (Å²) in [5.74, 6) is 0.672. The minimum Gasteiger partial charge on any atom is -0.330 e. The largest absolute Gasteiger partial charge is 0.330 e. The predicted molar refractivity (Wildman–Crippen MR) is 85.7 cm³/mol. The molecule has 0 aromatic heterocycles. The Hall–Kier alpha value is -0.900. The molecule has 0 aliphatic carbocycles. The second-order valence-corrected chi connectivity index (χ2v) is 6.02. The number of hydrogen-bond acceptors (Lipinski definition) is 3. The van der Waals surface area contributed by atoms with Gasteiger partial charge in [0.1, 0.15) is 0 Å². The molecular weight excluding hydrogens is 246 g/mol. The third kappa shape index (κ3) is 4.05. The summed E-state index contributed by atoms with van der Waals surface area (Å²) in [6, 6.07) is 11.5. The fourth-order valence-corrected chi connectivity index (χ4v) is 3.05. The lowest BCUT2D eigenvalue weighted by Crippen LogP contribution is -2.47. The fraction of sp³-hybridized carbons (Fsp3) is 0.647. The van der Waals surface area contributed by atoms with E-state index in [9.17, 15) is 0 Å². The molecule has 112 valence electrons. The van der Waals surface area contributed by atoms with Crippen LogP contribution < -0.4 is 5.73 Å². The maximum atomic E-state index is 5.84. The van der Waals surface area contributed by atoms with Gasteiger partial charge in [-0.05, 0) is 38.0 Å². The normalized spacial score (nSPS) is 22.9. The first-order valence-electron chi connectivity index (χ1n) is 7.92. The molecule has 2 atom stereocenters. The molecule has 0 saturated carbocycles. The summed E-state index contributed by atoms with van der Waals surface area (Å²) in [6.07, 6.45) is 2.42. The number of nitrogens with zero attached hydrogens (tertiary/aromatic N) is 2. The fourth-order valence-electron chi connectivity index (χ4n) is 3.05. The third-order valence-corrected chi connectivity index (χ3v) is 4.61. The monoisotopic (exact) mass is 275 g/mol. The van der Waals surface area contributed by atoms with Gasteiger partial charge in [0.15, 0.2) is 0 Å². The summed E-state index contributed by atoms with van der Waals surface area (Å²) in [5.41, 5.74) is 7.28. The average molecular weight is 275 g/mol. The molecule has 1 saturated heterocycles. The van der Waals surface area contributed by atoms with Gasteiger partial charge in [-0.2, -0.15) is 0 Å². The molecule has 20 heavy (non-hydrogen) atoms. The van der Waals surface area contributed by atoms with Crippen LogP contribution in [0.5, 0.6) is 0 Å². The first-order chi connectivity index (χ1) is 9.74. The van der Waals surface area contributed by atoms with Crippen molar-refractivity contribution in [2.24, 2.45) is 11.7 Å². The smallest absolute Gasteiger partial charge is 0.0475 e. The minimum absolute atomic E-state index is 0.533. The molecule has 1 aliphatic heterocycles. The molecule has 1 fully saturated rings. The summed E-state index contributed by atoms with van der Waals surface area (Å²) < 4.78 is 0. The van der Waals surface area contributed by atoms with E-state index in [1.54, 1.807) is 0 Å². The van der Waals surface area contributed by atoms with Crippen molar-refractivity contribution < 1.29 is 0 Å². The van der Waals surface area contributed by atoms with Crippen molar-refractivity contribution in [3.8, 4) is 0 Å². The van der Waals surface area contributed by atoms with Gasteiger partial charge in [0.25, 0.3) is 0 Å². The SMILES string of the molecule is CCC(CN)CCN1CCN(C)CC1c1ccccc1. The van der Waals surface area contributed by atoms with E-state index >= 15 is 0 Å². The van der Waals surface area contributed by atoms with Crippen molar-refractivity contribution in [1.29, 1.82) is 0 Å². The molecule has 3 heteroatoms. The Morgan fingerprint density at radius 1 is 1.25 bits per heavy atom. The number of piperazine rings is 1. The van der Waals surface area contributed by atoms with E-state index in [2.05, 4.69) is 54.1 Å². The van der Waals surface area contributed by atoms with Gasteiger partial charge in [0.2, 0.25) is 0 Å². The number of hydrogen-bond donors (Lipinski definition) is 1. The molecule has 0 radical (unpaired) electrons. The van der Waals surface area contributed by atoms with Crippen molar-refractivity contribution >= 4 is 0 Å². The van der Waals surface area contributed by atoms with Crippen molar-refractivity contribution in [2.75, 3.05) is 39.8 Å². The van der Waals surface area contributed by atoms with Crippen LogP contribution in [0.15, 0.2) is 30.3 Å². The van der Waals surface area contributed by atoms with Gasteiger partial charge in [-0.25, -0.2) is 0 Å². The van der Waals surface area contributed by atoms with Crippen molar-refractivity contribution in [2.45, 2.75) is 25.8 Å². The van der Waals surface area contributed by atoms with E-state index < -0.39 is 0 Å². The van der Waals surface area contributed by atoms with Crippen LogP contribution in [-0.4, -0.2) is 49.6 Å². The molecule has 0 spiro atoms. The molecule has 1 aromatic rings. The summed E-state index contributed by atoms with van der Waals surface area (Å²) in [5, 5.41) is 0. The first-order valence-corrected chi connectivity index (χ1v) is 7.92. The van der Waals surface area contributed by atoms with E-state index in [-0.39, 0.29) is 0 Å². The zero-order chi connectivity index (χ0) is 14.4. The summed E-state index contributed by atoms with van der Waals surface area (Å²) >= 11 is 0. The topological polar surface area (TPSA) is 32.5 Å². The molecular formula is C17H29N3. The summed E-state index contributed by atoms with van der Waals surface area (Å²) in [4.78, 5) is 5.09. The zero-order valence-electron chi connectivity index (χ0n) is 13.0. The number of likely N-dealkylation sites (N-methyl/N-ethyl adjacent to an activating group) is 1. The highest BCUT2D eigenvalue weighted by molar-refractivity contribution is 5.20. The Morgan fingerprint density at radius 2 is 2.00 bits per heavy atom. The van der Waals surface area contributed by atoms with Gasteiger partial charge in [0, 0.05) is 25.7 Å². The van der Waals surface area contributed by atoms with Gasteiger partial charge in [0.05, 0.1) is 0 Å². The highest BCUT2D eigenvalue weighted by Gasteiger charge is 2.26. The van der Waals surface area contributed by atoms with E-state index in [0.717, 1.165) is 19.6 Å². The van der Waals surface area contributed by atoms with Crippen LogP contribution in [0.25, 0.3) is 0 Å². The van der Waals surface area contributed by atoms with E-state index in [1.165, 1.54) is 31.5 Å². The van der Waals surface area contributed by atoms with E-state index in [4.69, 9.17) is 5.73 Å². The molecule has 1 aromatic carbocycles. The van der Waals surface area contributed by atoms with Gasteiger partial charge in [-0.3, -0.25) is 4.90 Å². The van der Waals surface area contributed by atoms with Crippen LogP contribution in [0.1, 0.15) is 31.4 Å². The van der Waals surface area contributed by atoms with Crippen LogP contribution >= 0.6 is 0 Å². The summed E-state index contributed by atoms with van der Waals surface area (Å²) in [6.45, 7) is 7.70. The second kappa shape index (κ2) is 7.77. The zero-order valence-corrected chi connectivity index (χ0v) is 13.0. The van der Waals surface area contributed by atoms with Crippen LogP contribution in [0, 0.1) is 5.92 Å². The van der Waals surface area contributed by atoms with Gasteiger partial charge in [-0.1, -0.05) is 43.7 Å². The standard InChI is InChI=1S/C17H29N3/c1-3-15(13-18)9-10-20-12-11-19(2)14-17(20)16-7-5-4-6-8-16/h4-8,15,17H,3,9-14,18H2,1-2H3. The molecule has 2 unspecified atom stereocenters. The van der Waals surface area contributed by atoms with Crippen LogP contribution in [0.2, 0.25) is 0 Å². The van der Waals surface area contributed by atoms with Gasteiger partial charge in [-0.15, -0.1) is 0 Å². The van der Waals surface area contributed by atoms with Crippen molar-refractivity contribution in [1.82, 2.24) is 9.80 Å². The van der Waals surface area contributed by atoms with Gasteiger partial charge >= 0.3 is 0 Å². The number of rotatable bonds is 6. The van der Waals surface area contributed by atoms with Crippen molar-refractivity contribution in [3.05, 3.63) is 35.9 Å². The van der Waals surface area contributed by atoms with Gasteiger partial charge < -0.3 is 10.6 Å². The Kier molecular flexibility index (Phi) is 6.02. The molecule has 2 N–H and O–H groups in total. The third-order valence-electron chi connectivity index (χ3n) is 4.61. The first kappa shape index (κ1) is 15.5. The summed E-state index contributed by atoms with van der Waals surface area (Å²) in [7, 11) is 2.22. The number of benzene rings is 1. The van der Waals surface area contributed by atoms with E-state index in [1.807, 2.05) is 0 Å². The lowest BCUT2D eigenvalue weighted by molar-refractivity contribution is 0.0843. The average Bonchev–Trinajstić information content (AvgIpc) is 2.50. The number of nitrogens with two attached hydrogens (primary N) is 1. The molecule has 0 bridgehead atoms. The van der Waals surface area contributed by atoms with E-state index in [0.29, 0.717) is 12.0 Å². The molecule has 1 heterocycles. The van der Waals surface area contributed by atoms with Crippen LogP contribution in [-0.2, 0) is 0 Å². The minimum atomic E-state index is 0.533. The Balaban J connectivity index is 2.01. The highest BCUT2D eigenvalue weighted by atomic mass is 15.3. The van der Waals surface area contributed by atoms with Crippen LogP contribution in [0.3, 0.4) is 0 Å². The molecule has 1 aliphatic rings. The lowest BCUT2D eigenvalue weighted by Gasteiger charge is -2.40. The Labute approximate surface area is 123 Å². The highest BCUT2D eigenvalue weighted by Crippen LogP contribution is 2.25. The van der Waals surface area contributed by atoms with Crippen molar-refractivity contribution in [3.63, 3.8) is 0 Å². The quantitative estimate of drug-likeness (QED) is 0.865. The second-order valence-electron chi connectivity index (χ2n) is 6.02. The lowest BCUT2D eigenvalue weighted by atomic mass is 9.99. The molecule has 3 nitrogen and oxygen atoms in total. The molecule has 0 amide bonds.